The quantitative estimate of drug-likeness (QED) is 0.679. The first kappa shape index (κ1) is 15.3. The van der Waals surface area contributed by atoms with Gasteiger partial charge >= 0.3 is 0 Å². The number of methoxy groups -OCH3 is 1. The number of ether oxygens (including phenoxy) is 2. The molecule has 0 aliphatic carbocycles. The molecule has 1 aliphatic heterocycles. The van der Waals surface area contributed by atoms with Crippen molar-refractivity contribution < 1.29 is 9.47 Å². The van der Waals surface area contributed by atoms with E-state index in [1.807, 2.05) is 0 Å². The molecule has 106 valence electrons. The highest BCUT2D eigenvalue weighted by atomic mass is 79.9. The van der Waals surface area contributed by atoms with Crippen molar-refractivity contribution in [1.82, 2.24) is 0 Å². The van der Waals surface area contributed by atoms with Crippen molar-refractivity contribution in [2.24, 2.45) is 5.92 Å². The molecule has 2 rings (SSSR count). The fourth-order valence-corrected chi connectivity index (χ4v) is 4.24. The molecule has 19 heavy (non-hydrogen) atoms. The number of rotatable bonds is 3. The second kappa shape index (κ2) is 6.59. The summed E-state index contributed by atoms with van der Waals surface area (Å²) >= 11 is 7.52. The van der Waals surface area contributed by atoms with Gasteiger partial charge in [0.05, 0.1) is 13.7 Å². The molecule has 2 unspecified atom stereocenters. The topological polar surface area (TPSA) is 18.5 Å². The van der Waals surface area contributed by atoms with Crippen LogP contribution >= 0.6 is 31.9 Å². The third kappa shape index (κ3) is 3.17. The van der Waals surface area contributed by atoms with E-state index in [0.717, 1.165) is 35.4 Å². The van der Waals surface area contributed by atoms with Crippen LogP contribution in [-0.4, -0.2) is 20.3 Å². The van der Waals surface area contributed by atoms with Crippen molar-refractivity contribution in [3.05, 3.63) is 27.2 Å². The lowest BCUT2D eigenvalue weighted by Crippen LogP contribution is -2.22. The fourth-order valence-electron chi connectivity index (χ4n) is 2.71. The van der Waals surface area contributed by atoms with Crippen LogP contribution in [0.1, 0.15) is 34.4 Å². The molecular weight excluding hydrogens is 372 g/mol. The monoisotopic (exact) mass is 390 g/mol. The third-order valence-electron chi connectivity index (χ3n) is 3.80. The SMILES string of the molecule is COc1c(C)cc(Br)c(C)c1C(Br)C1CCCOC1. The Morgan fingerprint density at radius 3 is 2.74 bits per heavy atom. The summed E-state index contributed by atoms with van der Waals surface area (Å²) in [4.78, 5) is 0.277. The third-order valence-corrected chi connectivity index (χ3v) is 5.83. The Bertz CT molecular complexity index is 454. The Balaban J connectivity index is 2.41. The lowest BCUT2D eigenvalue weighted by molar-refractivity contribution is 0.0543. The van der Waals surface area contributed by atoms with E-state index < -0.39 is 0 Å². The zero-order valence-electron chi connectivity index (χ0n) is 11.6. The summed E-state index contributed by atoms with van der Waals surface area (Å²) in [5.74, 6) is 1.50. The maximum absolute atomic E-state index is 5.63. The molecule has 2 atom stereocenters. The van der Waals surface area contributed by atoms with Crippen LogP contribution in [0.3, 0.4) is 0 Å². The summed E-state index contributed by atoms with van der Waals surface area (Å²) < 4.78 is 12.4. The van der Waals surface area contributed by atoms with Crippen LogP contribution < -0.4 is 4.74 Å². The van der Waals surface area contributed by atoms with E-state index in [0.29, 0.717) is 5.92 Å². The zero-order valence-corrected chi connectivity index (χ0v) is 14.8. The molecule has 1 saturated heterocycles. The molecule has 0 bridgehead atoms. The molecule has 0 aromatic heterocycles. The summed E-state index contributed by atoms with van der Waals surface area (Å²) in [6.07, 6.45) is 2.34. The van der Waals surface area contributed by atoms with Gasteiger partial charge in [0.1, 0.15) is 5.75 Å². The van der Waals surface area contributed by atoms with Gasteiger partial charge in [-0.3, -0.25) is 0 Å². The van der Waals surface area contributed by atoms with Gasteiger partial charge in [0, 0.05) is 21.5 Å². The van der Waals surface area contributed by atoms with Crippen molar-refractivity contribution >= 4 is 31.9 Å². The molecule has 1 fully saturated rings. The average molecular weight is 392 g/mol. The van der Waals surface area contributed by atoms with E-state index in [-0.39, 0.29) is 4.83 Å². The molecule has 2 nitrogen and oxygen atoms in total. The van der Waals surface area contributed by atoms with Crippen molar-refractivity contribution in [2.45, 2.75) is 31.5 Å². The zero-order chi connectivity index (χ0) is 14.0. The summed E-state index contributed by atoms with van der Waals surface area (Å²) in [6, 6.07) is 2.12. The predicted molar refractivity (Wildman–Crippen MR) is 85.4 cm³/mol. The lowest BCUT2D eigenvalue weighted by atomic mass is 9.90. The van der Waals surface area contributed by atoms with E-state index in [4.69, 9.17) is 9.47 Å². The van der Waals surface area contributed by atoms with Gasteiger partial charge in [-0.25, -0.2) is 0 Å². The van der Waals surface area contributed by atoms with Gasteiger partial charge in [0.2, 0.25) is 0 Å². The molecule has 0 saturated carbocycles. The van der Waals surface area contributed by atoms with E-state index >= 15 is 0 Å². The molecule has 1 aromatic rings. The van der Waals surface area contributed by atoms with Crippen LogP contribution in [0.25, 0.3) is 0 Å². The Hall–Kier alpha value is -0.0600. The lowest BCUT2D eigenvalue weighted by Gasteiger charge is -2.29. The first-order valence-electron chi connectivity index (χ1n) is 6.61. The minimum absolute atomic E-state index is 0.277. The van der Waals surface area contributed by atoms with Gasteiger partial charge in [0.25, 0.3) is 0 Å². The number of hydrogen-bond acceptors (Lipinski definition) is 2. The molecule has 0 amide bonds. The van der Waals surface area contributed by atoms with E-state index in [1.165, 1.54) is 17.5 Å². The van der Waals surface area contributed by atoms with E-state index in [9.17, 15) is 0 Å². The molecule has 1 heterocycles. The maximum Gasteiger partial charge on any atom is 0.126 e. The molecule has 1 aromatic carbocycles. The van der Waals surface area contributed by atoms with Gasteiger partial charge in [-0.15, -0.1) is 0 Å². The second-order valence-electron chi connectivity index (χ2n) is 5.13. The molecular formula is C15H20Br2O2. The average Bonchev–Trinajstić information content (AvgIpc) is 2.42. The van der Waals surface area contributed by atoms with Crippen molar-refractivity contribution in [3.8, 4) is 5.75 Å². The van der Waals surface area contributed by atoms with Gasteiger partial charge < -0.3 is 9.47 Å². The van der Waals surface area contributed by atoms with Gasteiger partial charge in [0.15, 0.2) is 0 Å². The van der Waals surface area contributed by atoms with Gasteiger partial charge in [-0.05, 0) is 49.8 Å². The Labute approximate surface area is 132 Å². The Morgan fingerprint density at radius 1 is 1.42 bits per heavy atom. The Morgan fingerprint density at radius 2 is 2.16 bits per heavy atom. The van der Waals surface area contributed by atoms with Crippen LogP contribution in [0.4, 0.5) is 0 Å². The smallest absolute Gasteiger partial charge is 0.126 e. The summed E-state index contributed by atoms with van der Waals surface area (Å²) in [7, 11) is 1.75. The molecule has 1 aliphatic rings. The highest BCUT2D eigenvalue weighted by Crippen LogP contribution is 2.45. The maximum atomic E-state index is 5.63. The molecule has 0 spiro atoms. The highest BCUT2D eigenvalue weighted by Gasteiger charge is 2.28. The minimum Gasteiger partial charge on any atom is -0.496 e. The predicted octanol–water partition coefficient (Wildman–Crippen LogP) is 4.94. The van der Waals surface area contributed by atoms with Crippen LogP contribution in [0.5, 0.6) is 5.75 Å². The number of hydrogen-bond donors (Lipinski definition) is 0. The van der Waals surface area contributed by atoms with Crippen LogP contribution in [0.2, 0.25) is 0 Å². The summed E-state index contributed by atoms with van der Waals surface area (Å²) in [5, 5.41) is 0. The minimum atomic E-state index is 0.277. The number of benzene rings is 1. The van der Waals surface area contributed by atoms with E-state index in [1.54, 1.807) is 7.11 Å². The first-order chi connectivity index (χ1) is 9.06. The summed E-state index contributed by atoms with van der Waals surface area (Å²) in [5.41, 5.74) is 3.66. The first-order valence-corrected chi connectivity index (χ1v) is 8.32. The van der Waals surface area contributed by atoms with Crippen LogP contribution in [-0.2, 0) is 4.74 Å². The largest absolute Gasteiger partial charge is 0.496 e. The van der Waals surface area contributed by atoms with Crippen molar-refractivity contribution in [2.75, 3.05) is 20.3 Å². The fraction of sp³-hybridized carbons (Fsp3) is 0.600. The van der Waals surface area contributed by atoms with E-state index in [2.05, 4.69) is 51.8 Å². The van der Waals surface area contributed by atoms with Crippen molar-refractivity contribution in [3.63, 3.8) is 0 Å². The number of alkyl halides is 1. The Kier molecular flexibility index (Phi) is 5.32. The standard InChI is InChI=1S/C15H20Br2O2/c1-9-7-12(16)10(2)13(15(9)18-3)14(17)11-5-4-6-19-8-11/h7,11,14H,4-6,8H2,1-3H3. The van der Waals surface area contributed by atoms with Crippen LogP contribution in [0.15, 0.2) is 10.5 Å². The number of halogens is 2. The normalized spacial score (nSPS) is 21.2. The van der Waals surface area contributed by atoms with Crippen molar-refractivity contribution in [1.29, 1.82) is 0 Å². The van der Waals surface area contributed by atoms with Gasteiger partial charge in [-0.2, -0.15) is 0 Å². The van der Waals surface area contributed by atoms with Crippen LogP contribution in [0, 0.1) is 19.8 Å². The molecule has 0 radical (unpaired) electrons. The van der Waals surface area contributed by atoms with Gasteiger partial charge in [-0.1, -0.05) is 31.9 Å². The molecule has 4 heteroatoms. The molecule has 0 N–H and O–H groups in total. The number of aryl methyl sites for hydroxylation is 1. The second-order valence-corrected chi connectivity index (χ2v) is 6.97. The highest BCUT2D eigenvalue weighted by molar-refractivity contribution is 9.10. The summed E-state index contributed by atoms with van der Waals surface area (Å²) in [6.45, 7) is 5.94.